The quantitative estimate of drug-likeness (QED) is 0.239. The van der Waals surface area contributed by atoms with Crippen LogP contribution < -0.4 is 32.5 Å². The number of aromatic amines is 2. The Labute approximate surface area is 177 Å². The highest BCUT2D eigenvalue weighted by molar-refractivity contribution is 6.02. The number of H-pyrrole nitrogens is 2. The Balaban J connectivity index is 2.02. The van der Waals surface area contributed by atoms with Gasteiger partial charge in [0.1, 0.15) is 28.2 Å². The lowest BCUT2D eigenvalue weighted by Gasteiger charge is -2.31. The van der Waals surface area contributed by atoms with Crippen molar-refractivity contribution in [3.63, 3.8) is 0 Å². The van der Waals surface area contributed by atoms with Crippen molar-refractivity contribution >= 4 is 33.3 Å². The number of rotatable bonds is 3. The van der Waals surface area contributed by atoms with Crippen LogP contribution >= 0.6 is 0 Å². The third-order valence-electron chi connectivity index (χ3n) is 5.65. The van der Waals surface area contributed by atoms with Crippen molar-refractivity contribution in [2.24, 2.45) is 5.84 Å². The second-order valence-corrected chi connectivity index (χ2v) is 7.40. The Morgan fingerprint density at radius 2 is 1.62 bits per heavy atom. The average molecular weight is 445 g/mol. The van der Waals surface area contributed by atoms with E-state index in [1.807, 2.05) is 0 Å². The van der Waals surface area contributed by atoms with E-state index < -0.39 is 39.5 Å². The minimum absolute atomic E-state index is 0.0427. The molecule has 1 aliphatic rings. The maximum atomic E-state index is 16.1. The fraction of sp³-hybridized carbons (Fsp3) is 0.200. The fourth-order valence-corrected chi connectivity index (χ4v) is 4.21. The lowest BCUT2D eigenvalue weighted by molar-refractivity contribution is 0.542. The van der Waals surface area contributed by atoms with Crippen LogP contribution in [0.2, 0.25) is 0 Å². The average Bonchev–Trinajstić information content (AvgIpc) is 3.18. The van der Waals surface area contributed by atoms with E-state index in [1.165, 1.54) is 21.6 Å². The normalized spacial score (nSPS) is 14.4. The van der Waals surface area contributed by atoms with Gasteiger partial charge < -0.3 is 15.6 Å². The maximum Gasteiger partial charge on any atom is 0.277 e. The molecule has 2 aromatic carbocycles. The number of pyridine rings is 1. The highest BCUT2D eigenvalue weighted by atomic mass is 19.1. The van der Waals surface area contributed by atoms with Crippen molar-refractivity contribution in [2.45, 2.75) is 0 Å². The van der Waals surface area contributed by atoms with Crippen molar-refractivity contribution in [1.82, 2.24) is 20.1 Å². The van der Waals surface area contributed by atoms with Gasteiger partial charge in [0.2, 0.25) is 5.43 Å². The third-order valence-corrected chi connectivity index (χ3v) is 5.65. The van der Waals surface area contributed by atoms with E-state index in [4.69, 9.17) is 5.84 Å². The molecule has 1 saturated heterocycles. The largest absolute Gasteiger partial charge is 0.364 e. The number of anilines is 2. The van der Waals surface area contributed by atoms with E-state index in [1.54, 1.807) is 0 Å². The summed E-state index contributed by atoms with van der Waals surface area (Å²) in [6.07, 6.45) is 0. The van der Waals surface area contributed by atoms with Crippen molar-refractivity contribution in [2.75, 3.05) is 36.5 Å². The highest BCUT2D eigenvalue weighted by Gasteiger charge is 2.30. The van der Waals surface area contributed by atoms with Crippen LogP contribution in [0.3, 0.4) is 0 Å². The highest BCUT2D eigenvalue weighted by Crippen LogP contribution is 2.38. The van der Waals surface area contributed by atoms with E-state index in [0.29, 0.717) is 26.2 Å². The van der Waals surface area contributed by atoms with Gasteiger partial charge >= 0.3 is 0 Å². The number of hydrogen-bond acceptors (Lipinski definition) is 6. The molecule has 1 aliphatic heterocycles. The topological polar surface area (TPSA) is 124 Å². The van der Waals surface area contributed by atoms with E-state index in [9.17, 15) is 14.0 Å². The van der Waals surface area contributed by atoms with Crippen LogP contribution in [0.5, 0.6) is 0 Å². The molecule has 0 amide bonds. The molecule has 0 atom stereocenters. The minimum atomic E-state index is -1.03. The molecule has 6 N–H and O–H groups in total. The number of nitrogens with two attached hydrogens (primary N) is 1. The van der Waals surface area contributed by atoms with Crippen LogP contribution in [-0.2, 0) is 0 Å². The number of nitrogens with one attached hydrogen (secondary N) is 4. The summed E-state index contributed by atoms with van der Waals surface area (Å²) >= 11 is 0. The molecule has 0 bridgehead atoms. The fourth-order valence-electron chi connectivity index (χ4n) is 4.21. The van der Waals surface area contributed by atoms with Gasteiger partial charge in [-0.05, 0) is 24.3 Å². The second-order valence-electron chi connectivity index (χ2n) is 7.40. The van der Waals surface area contributed by atoms with Gasteiger partial charge in [-0.3, -0.25) is 30.2 Å². The first-order chi connectivity index (χ1) is 15.4. The van der Waals surface area contributed by atoms with Crippen LogP contribution in [0, 0.1) is 17.5 Å². The number of hydrazine groups is 1. The number of aromatic nitrogens is 3. The Hall–Kier alpha value is -3.77. The zero-order valence-electron chi connectivity index (χ0n) is 16.6. The molecule has 3 heterocycles. The van der Waals surface area contributed by atoms with Crippen molar-refractivity contribution in [3.8, 4) is 5.69 Å². The number of nitrogens with zero attached hydrogens (tertiary/aromatic N) is 2. The van der Waals surface area contributed by atoms with E-state index >= 15 is 8.78 Å². The molecule has 4 aromatic rings. The Morgan fingerprint density at radius 1 is 0.938 bits per heavy atom. The zero-order chi connectivity index (χ0) is 22.6. The smallest absolute Gasteiger partial charge is 0.277 e. The molecular formula is C20H18F3N7O2. The number of hydrogen-bond donors (Lipinski definition) is 5. The minimum Gasteiger partial charge on any atom is -0.364 e. The molecule has 9 nitrogen and oxygen atoms in total. The first kappa shape index (κ1) is 20.2. The number of nitrogen functional groups attached to an aromatic ring is 1. The standard InChI is InChI=1S/C20H18F3N7O2/c21-9-1-3-10(4-2-9)30-16-11(18(31)12-19(30)27-28-20(12)32)15(26-24)13(22)17(14(16)23)29-7-5-25-6-8-29/h1-4,25-26H,5-8,24H2,(H2,27,28,32). The molecule has 1 fully saturated rings. The van der Waals surface area contributed by atoms with Crippen molar-refractivity contribution in [1.29, 1.82) is 0 Å². The van der Waals surface area contributed by atoms with E-state index in [2.05, 4.69) is 20.9 Å². The lowest BCUT2D eigenvalue weighted by Crippen LogP contribution is -2.44. The molecule has 2 aromatic heterocycles. The molecular weight excluding hydrogens is 427 g/mol. The molecule has 32 heavy (non-hydrogen) atoms. The summed E-state index contributed by atoms with van der Waals surface area (Å²) in [5, 5.41) is 7.22. The molecule has 0 spiro atoms. The monoisotopic (exact) mass is 445 g/mol. The van der Waals surface area contributed by atoms with Gasteiger partial charge in [0.15, 0.2) is 11.6 Å². The predicted octanol–water partition coefficient (Wildman–Crippen LogP) is 1.27. The lowest BCUT2D eigenvalue weighted by atomic mass is 10.1. The SMILES string of the molecule is NNc1c(F)c(N2CCNCC2)c(F)c2c1c(=O)c1c(=O)[nH][nH]c1n2-c1ccc(F)cc1. The first-order valence-corrected chi connectivity index (χ1v) is 9.82. The van der Waals surface area contributed by atoms with E-state index in [-0.39, 0.29) is 27.9 Å². The summed E-state index contributed by atoms with van der Waals surface area (Å²) in [6.45, 7) is 1.68. The van der Waals surface area contributed by atoms with Gasteiger partial charge in [-0.2, -0.15) is 0 Å². The van der Waals surface area contributed by atoms with Crippen LogP contribution in [0.1, 0.15) is 0 Å². The van der Waals surface area contributed by atoms with Gasteiger partial charge in [0.25, 0.3) is 5.56 Å². The summed E-state index contributed by atoms with van der Waals surface area (Å²) in [7, 11) is 0. The summed E-state index contributed by atoms with van der Waals surface area (Å²) in [5.74, 6) is 3.00. The second kappa shape index (κ2) is 7.43. The Kier molecular flexibility index (Phi) is 4.68. The number of halogens is 3. The number of piperazine rings is 1. The molecule has 5 rings (SSSR count). The van der Waals surface area contributed by atoms with E-state index in [0.717, 1.165) is 12.1 Å². The summed E-state index contributed by atoms with van der Waals surface area (Å²) in [6, 6.07) is 5.01. The molecule has 0 unspecified atom stereocenters. The van der Waals surface area contributed by atoms with Gasteiger partial charge in [0.05, 0.1) is 10.9 Å². The van der Waals surface area contributed by atoms with Crippen LogP contribution in [0.4, 0.5) is 24.5 Å². The third kappa shape index (κ3) is 2.80. The molecule has 0 aliphatic carbocycles. The maximum absolute atomic E-state index is 16.1. The van der Waals surface area contributed by atoms with Crippen molar-refractivity contribution < 1.29 is 13.2 Å². The van der Waals surface area contributed by atoms with Crippen LogP contribution in [-0.4, -0.2) is 40.9 Å². The van der Waals surface area contributed by atoms with Crippen LogP contribution in [0.25, 0.3) is 27.6 Å². The molecule has 0 radical (unpaired) electrons. The summed E-state index contributed by atoms with van der Waals surface area (Å²) in [4.78, 5) is 27.1. The summed E-state index contributed by atoms with van der Waals surface area (Å²) in [5.41, 5.74) is -0.366. The Bertz CT molecular complexity index is 1470. The molecule has 166 valence electrons. The van der Waals surface area contributed by atoms with Gasteiger partial charge in [-0.25, -0.2) is 13.2 Å². The zero-order valence-corrected chi connectivity index (χ0v) is 16.6. The number of benzene rings is 2. The van der Waals surface area contributed by atoms with Crippen molar-refractivity contribution in [3.05, 3.63) is 62.3 Å². The van der Waals surface area contributed by atoms with Crippen LogP contribution in [0.15, 0.2) is 33.9 Å². The number of fused-ring (bicyclic) bond motifs is 2. The predicted molar refractivity (Wildman–Crippen MR) is 115 cm³/mol. The van der Waals surface area contributed by atoms with Gasteiger partial charge in [-0.15, -0.1) is 0 Å². The summed E-state index contributed by atoms with van der Waals surface area (Å²) < 4.78 is 46.4. The van der Waals surface area contributed by atoms with Gasteiger partial charge in [0, 0.05) is 31.9 Å². The Morgan fingerprint density at radius 3 is 2.28 bits per heavy atom. The first-order valence-electron chi connectivity index (χ1n) is 9.82. The molecule has 12 heteroatoms. The molecule has 0 saturated carbocycles. The van der Waals surface area contributed by atoms with Gasteiger partial charge in [-0.1, -0.05) is 0 Å².